The number of anilines is 1. The molecule has 0 radical (unpaired) electrons. The first-order chi connectivity index (χ1) is 23.6. The molecular formula is C37H44ClF3N2O6S. The van der Waals surface area contributed by atoms with Gasteiger partial charge in [0.05, 0.1) is 30.1 Å². The van der Waals surface area contributed by atoms with Crippen molar-refractivity contribution in [3.05, 3.63) is 70.3 Å². The minimum Gasteiger partial charge on any atom is -0.490 e. The number of aryl methyl sites for hydroxylation is 1. The van der Waals surface area contributed by atoms with Crippen molar-refractivity contribution in [2.45, 2.75) is 88.2 Å². The second-order valence-corrected chi connectivity index (χ2v) is 17.0. The van der Waals surface area contributed by atoms with E-state index in [1.54, 1.807) is 32.0 Å². The van der Waals surface area contributed by atoms with Crippen LogP contribution in [0.3, 0.4) is 0 Å². The molecule has 1 amide bonds. The van der Waals surface area contributed by atoms with Gasteiger partial charge in [0.25, 0.3) is 5.91 Å². The Balaban J connectivity index is 1.36. The topological polar surface area (TPSA) is 102 Å². The predicted molar refractivity (Wildman–Crippen MR) is 185 cm³/mol. The number of nitrogens with zero attached hydrogens (tertiary/aromatic N) is 1. The van der Waals surface area contributed by atoms with Gasteiger partial charge in [-0.2, -0.15) is 13.2 Å². The van der Waals surface area contributed by atoms with Gasteiger partial charge in [-0.15, -0.1) is 0 Å². The van der Waals surface area contributed by atoms with Gasteiger partial charge in [-0.1, -0.05) is 36.7 Å². The zero-order valence-electron chi connectivity index (χ0n) is 28.3. The summed E-state index contributed by atoms with van der Waals surface area (Å²) in [5, 5.41) is -0.240. The fraction of sp³-hybridized carbons (Fsp3) is 0.568. The number of allylic oxidation sites excluding steroid dienone is 1. The molecule has 1 spiro atoms. The maximum atomic E-state index is 13.5. The van der Waals surface area contributed by atoms with Gasteiger partial charge in [0.15, 0.2) is 5.78 Å². The largest absolute Gasteiger partial charge is 0.490 e. The zero-order valence-corrected chi connectivity index (χ0v) is 29.9. The number of benzene rings is 2. The molecule has 13 heteroatoms. The van der Waals surface area contributed by atoms with Gasteiger partial charge < -0.3 is 14.4 Å². The monoisotopic (exact) mass is 736 g/mol. The van der Waals surface area contributed by atoms with Gasteiger partial charge in [-0.05, 0) is 105 Å². The van der Waals surface area contributed by atoms with E-state index in [4.69, 9.17) is 21.1 Å². The maximum absolute atomic E-state index is 13.5. The van der Waals surface area contributed by atoms with Crippen LogP contribution < -0.4 is 14.4 Å². The van der Waals surface area contributed by atoms with E-state index in [2.05, 4.69) is 15.7 Å². The number of ether oxygens (including phenoxy) is 2. The number of rotatable bonds is 5. The van der Waals surface area contributed by atoms with Crippen LogP contribution in [0.25, 0.3) is 0 Å². The third kappa shape index (κ3) is 8.02. The van der Waals surface area contributed by atoms with Crippen molar-refractivity contribution in [2.24, 2.45) is 17.8 Å². The Morgan fingerprint density at radius 1 is 1.16 bits per heavy atom. The van der Waals surface area contributed by atoms with E-state index in [1.165, 1.54) is 11.1 Å². The normalized spacial score (nSPS) is 30.2. The van der Waals surface area contributed by atoms with Gasteiger partial charge in [-0.25, -0.2) is 13.1 Å². The summed E-state index contributed by atoms with van der Waals surface area (Å²) in [6.45, 7) is 4.43. The highest BCUT2D eigenvalue weighted by Crippen LogP contribution is 2.47. The van der Waals surface area contributed by atoms with Crippen molar-refractivity contribution in [3.8, 4) is 5.75 Å². The molecule has 50 heavy (non-hydrogen) atoms. The summed E-state index contributed by atoms with van der Waals surface area (Å²) in [6.07, 6.45) is 1.57. The number of hydrogen-bond donors (Lipinski definition) is 1. The number of ketones is 1. The minimum absolute atomic E-state index is 0.0291. The molecule has 2 aromatic rings. The lowest BCUT2D eigenvalue weighted by Crippen LogP contribution is -2.50. The SMILES string of the molecule is C[C@@H]1[C@@H](C)C/C=C/[C@H](OCC(=O)CCC(F)(F)F)[C@@H]2CC[C@H]2CN2C[C@@]3(CCCc4cc(Cl)ccc43)COc3ccc(cc32)C(=O)NS1(=O)=O. The van der Waals surface area contributed by atoms with E-state index in [9.17, 15) is 31.2 Å². The van der Waals surface area contributed by atoms with Crippen LogP contribution in [0.15, 0.2) is 48.6 Å². The molecule has 2 bridgehead atoms. The molecule has 6 rings (SSSR count). The summed E-state index contributed by atoms with van der Waals surface area (Å²) in [6, 6.07) is 11.0. The highest BCUT2D eigenvalue weighted by atomic mass is 35.5. The van der Waals surface area contributed by atoms with Gasteiger partial charge >= 0.3 is 6.18 Å². The van der Waals surface area contributed by atoms with Crippen molar-refractivity contribution in [2.75, 3.05) is 31.2 Å². The van der Waals surface area contributed by atoms with Crippen LogP contribution in [0.4, 0.5) is 18.9 Å². The molecule has 1 N–H and O–H groups in total. The number of alkyl halides is 3. The van der Waals surface area contributed by atoms with Crippen LogP contribution in [0.1, 0.15) is 80.3 Å². The third-order valence-electron chi connectivity index (χ3n) is 11.1. The Hall–Kier alpha value is -3.09. The lowest BCUT2D eigenvalue weighted by atomic mass is 9.68. The second-order valence-electron chi connectivity index (χ2n) is 14.5. The molecule has 0 aromatic heterocycles. The predicted octanol–water partition coefficient (Wildman–Crippen LogP) is 7.18. The van der Waals surface area contributed by atoms with Crippen molar-refractivity contribution in [1.29, 1.82) is 0 Å². The Morgan fingerprint density at radius 2 is 1.96 bits per heavy atom. The zero-order chi connectivity index (χ0) is 35.8. The van der Waals surface area contributed by atoms with Crippen molar-refractivity contribution in [1.82, 2.24) is 4.72 Å². The summed E-state index contributed by atoms with van der Waals surface area (Å²) in [7, 11) is -4.06. The number of Topliss-reactive ketones (excluding diaryl/α,β-unsaturated/α-hetero) is 1. The first kappa shape index (κ1) is 36.7. The fourth-order valence-electron chi connectivity index (χ4n) is 7.86. The quantitative estimate of drug-likeness (QED) is 0.325. The number of fused-ring (bicyclic) bond motifs is 4. The molecule has 2 aliphatic carbocycles. The lowest BCUT2D eigenvalue weighted by molar-refractivity contribution is -0.146. The van der Waals surface area contributed by atoms with Crippen LogP contribution in [0.5, 0.6) is 5.75 Å². The first-order valence-electron chi connectivity index (χ1n) is 17.4. The number of nitrogens with one attached hydrogen (secondary N) is 1. The third-order valence-corrected chi connectivity index (χ3v) is 13.3. The van der Waals surface area contributed by atoms with Crippen molar-refractivity contribution < 1.29 is 40.7 Å². The smallest absolute Gasteiger partial charge is 0.389 e. The molecule has 6 atom stereocenters. The number of carbonyl (C=O) groups is 2. The highest BCUT2D eigenvalue weighted by molar-refractivity contribution is 7.90. The van der Waals surface area contributed by atoms with E-state index in [-0.39, 0.29) is 28.7 Å². The van der Waals surface area contributed by atoms with Crippen LogP contribution in [0, 0.1) is 17.8 Å². The molecule has 2 aliphatic heterocycles. The fourth-order valence-corrected chi connectivity index (χ4v) is 9.34. The van der Waals surface area contributed by atoms with E-state index in [0.29, 0.717) is 42.6 Å². The summed E-state index contributed by atoms with van der Waals surface area (Å²) in [5.74, 6) is -1.05. The summed E-state index contributed by atoms with van der Waals surface area (Å²) < 4.78 is 80.0. The van der Waals surface area contributed by atoms with Crippen LogP contribution >= 0.6 is 11.6 Å². The van der Waals surface area contributed by atoms with Crippen LogP contribution in [-0.2, 0) is 31.4 Å². The maximum Gasteiger partial charge on any atom is 0.389 e. The molecule has 1 saturated carbocycles. The van der Waals surface area contributed by atoms with Crippen molar-refractivity contribution in [3.63, 3.8) is 0 Å². The Bertz CT molecular complexity index is 1750. The molecule has 1 fully saturated rings. The molecule has 8 nitrogen and oxygen atoms in total. The highest BCUT2D eigenvalue weighted by Gasteiger charge is 2.45. The lowest BCUT2D eigenvalue weighted by Gasteiger charge is -2.46. The van der Waals surface area contributed by atoms with Crippen molar-refractivity contribution >= 4 is 39.0 Å². The van der Waals surface area contributed by atoms with Gasteiger partial charge in [-0.3, -0.25) is 9.59 Å². The molecule has 0 unspecified atom stereocenters. The van der Waals surface area contributed by atoms with E-state index in [0.717, 1.165) is 32.1 Å². The molecular weight excluding hydrogens is 693 g/mol. The summed E-state index contributed by atoms with van der Waals surface area (Å²) in [4.78, 5) is 28.1. The number of hydrogen-bond acceptors (Lipinski definition) is 7. The first-order valence-corrected chi connectivity index (χ1v) is 19.3. The molecule has 2 heterocycles. The molecule has 4 aliphatic rings. The molecule has 272 valence electrons. The summed E-state index contributed by atoms with van der Waals surface area (Å²) in [5.41, 5.74) is 2.85. The molecule has 2 aromatic carbocycles. The molecule has 0 saturated heterocycles. The van der Waals surface area contributed by atoms with Gasteiger partial charge in [0, 0.05) is 35.5 Å². The standard InChI is InChI=1S/C37H44ClF3N2O6S/c1-23-5-3-7-33(48-20-29(44)14-16-37(39,40)41)30-11-8-27(30)19-43-21-36(15-4-6-25-17-28(38)10-12-31(25)36)22-49-34-13-9-26(18-32(34)43)35(45)42-50(46,47)24(23)2/h3,7,9-10,12-13,17-18,23-24,27,30,33H,4-6,8,11,14-16,19-22H2,1-2H3,(H,42,45)/b7-3+/t23-,24+,27-,30+,33-,36-/m0/s1. The average Bonchev–Trinajstić information content (AvgIpc) is 3.19. The van der Waals surface area contributed by atoms with E-state index < -0.39 is 58.7 Å². The van der Waals surface area contributed by atoms with Crippen LogP contribution in [0.2, 0.25) is 5.02 Å². The van der Waals surface area contributed by atoms with Gasteiger partial charge in [0.1, 0.15) is 12.4 Å². The number of sulfonamides is 1. The Kier molecular flexibility index (Phi) is 10.6. The Morgan fingerprint density at radius 3 is 2.70 bits per heavy atom. The Labute approximate surface area is 296 Å². The van der Waals surface area contributed by atoms with Crippen LogP contribution in [-0.4, -0.2) is 63.9 Å². The van der Waals surface area contributed by atoms with E-state index >= 15 is 0 Å². The number of halogens is 4. The van der Waals surface area contributed by atoms with E-state index in [1.807, 2.05) is 24.3 Å². The average molecular weight is 737 g/mol. The van der Waals surface area contributed by atoms with Gasteiger partial charge in [0.2, 0.25) is 10.0 Å². The number of amides is 1. The number of carbonyl (C=O) groups excluding carboxylic acids is 2. The summed E-state index contributed by atoms with van der Waals surface area (Å²) >= 11 is 6.40. The minimum atomic E-state index is -4.43. The second kappa shape index (κ2) is 14.5.